The first kappa shape index (κ1) is 22.6. The quantitative estimate of drug-likeness (QED) is 0.529. The molecule has 0 radical (unpaired) electrons. The third-order valence-corrected chi connectivity index (χ3v) is 6.54. The molecule has 2 aromatic rings. The Kier molecular flexibility index (Phi) is 7.00. The molecule has 3 N–H and O–H groups in total. The summed E-state index contributed by atoms with van der Waals surface area (Å²) in [7, 11) is 0. The number of likely N-dealkylation sites (tertiary alicyclic amines) is 1. The molecular formula is C21H23BrClN5O4. The fraction of sp³-hybridized carbons (Fsp3) is 0.429. The number of halogens is 2. The van der Waals surface area contributed by atoms with Gasteiger partial charge in [0.05, 0.1) is 10.6 Å². The van der Waals surface area contributed by atoms with Crippen LogP contribution in [0, 0.1) is 5.92 Å². The molecule has 11 heteroatoms. The minimum atomic E-state index is -0.784. The third-order valence-electron chi connectivity index (χ3n) is 5.47. The number of ether oxygens (including phenoxy) is 1. The second kappa shape index (κ2) is 9.91. The number of H-pyrrole nitrogens is 1. The Balaban J connectivity index is 1.36. The average Bonchev–Trinajstić information content (AvgIpc) is 3.55. The highest BCUT2D eigenvalue weighted by molar-refractivity contribution is 9.10. The number of anilines is 1. The molecule has 32 heavy (non-hydrogen) atoms. The highest BCUT2D eigenvalue weighted by Gasteiger charge is 2.33. The van der Waals surface area contributed by atoms with Crippen molar-refractivity contribution in [1.82, 2.24) is 20.4 Å². The lowest BCUT2D eigenvalue weighted by Crippen LogP contribution is -2.48. The molecule has 170 valence electrons. The van der Waals surface area contributed by atoms with Crippen molar-refractivity contribution in [1.29, 1.82) is 0 Å². The van der Waals surface area contributed by atoms with E-state index in [1.54, 1.807) is 24.3 Å². The zero-order chi connectivity index (χ0) is 22.7. The van der Waals surface area contributed by atoms with Crippen LogP contribution in [0.25, 0.3) is 0 Å². The summed E-state index contributed by atoms with van der Waals surface area (Å²) in [6.07, 6.45) is 3.87. The summed E-state index contributed by atoms with van der Waals surface area (Å²) in [6, 6.07) is 5.99. The predicted molar refractivity (Wildman–Crippen MR) is 122 cm³/mol. The van der Waals surface area contributed by atoms with E-state index in [2.05, 4.69) is 36.8 Å². The smallest absolute Gasteiger partial charge is 0.388 e. The van der Waals surface area contributed by atoms with E-state index in [1.165, 1.54) is 0 Å². The van der Waals surface area contributed by atoms with Crippen LogP contribution in [-0.4, -0.2) is 52.1 Å². The number of amides is 3. The number of aromatic amines is 1. The molecule has 2 aliphatic rings. The van der Waals surface area contributed by atoms with Gasteiger partial charge < -0.3 is 20.3 Å². The van der Waals surface area contributed by atoms with E-state index in [0.717, 1.165) is 38.8 Å². The number of nitrogens with one attached hydrogen (secondary N) is 3. The topological polar surface area (TPSA) is 116 Å². The van der Waals surface area contributed by atoms with Crippen molar-refractivity contribution in [3.8, 4) is 5.88 Å². The summed E-state index contributed by atoms with van der Waals surface area (Å²) in [5, 5.41) is 12.1. The van der Waals surface area contributed by atoms with Crippen molar-refractivity contribution >= 4 is 51.3 Å². The first-order chi connectivity index (χ1) is 15.4. The van der Waals surface area contributed by atoms with E-state index in [1.807, 2.05) is 4.90 Å². The van der Waals surface area contributed by atoms with Crippen molar-refractivity contribution < 1.29 is 19.1 Å². The minimum Gasteiger partial charge on any atom is -0.388 e. The molecule has 0 bridgehead atoms. The van der Waals surface area contributed by atoms with E-state index in [-0.39, 0.29) is 22.1 Å². The first-order valence-electron chi connectivity index (χ1n) is 10.5. The Bertz CT molecular complexity index is 1030. The molecule has 2 fully saturated rings. The van der Waals surface area contributed by atoms with Gasteiger partial charge in [-0.1, -0.05) is 23.7 Å². The number of hydrogen-bond acceptors (Lipinski definition) is 5. The van der Waals surface area contributed by atoms with Gasteiger partial charge in [0.2, 0.25) is 5.91 Å². The van der Waals surface area contributed by atoms with Gasteiger partial charge in [0.15, 0.2) is 0 Å². The fourth-order valence-electron chi connectivity index (χ4n) is 3.58. The SMILES string of the molecule is O=C(NC1CCCCN(CC2CC2)C1=O)Oc1n[nH]c(NC(=O)c2ccccc2Cl)c1Br. The summed E-state index contributed by atoms with van der Waals surface area (Å²) in [4.78, 5) is 39.5. The molecule has 3 amide bonds. The van der Waals surface area contributed by atoms with Crippen LogP contribution in [0.4, 0.5) is 10.6 Å². The maximum absolute atomic E-state index is 12.8. The van der Waals surface area contributed by atoms with Crippen LogP contribution in [-0.2, 0) is 4.79 Å². The highest BCUT2D eigenvalue weighted by atomic mass is 79.9. The molecule has 4 rings (SSSR count). The van der Waals surface area contributed by atoms with Crippen LogP contribution in [0.5, 0.6) is 5.88 Å². The molecular weight excluding hydrogens is 502 g/mol. The number of nitrogens with zero attached hydrogens (tertiary/aromatic N) is 2. The van der Waals surface area contributed by atoms with Crippen molar-refractivity contribution in [3.05, 3.63) is 39.3 Å². The van der Waals surface area contributed by atoms with Gasteiger partial charge in [0.1, 0.15) is 16.3 Å². The number of rotatable bonds is 6. The molecule has 1 aromatic carbocycles. The van der Waals surface area contributed by atoms with Crippen LogP contribution < -0.4 is 15.4 Å². The summed E-state index contributed by atoms with van der Waals surface area (Å²) in [5.74, 6) is 0.215. The van der Waals surface area contributed by atoms with Crippen LogP contribution >= 0.6 is 27.5 Å². The largest absolute Gasteiger partial charge is 0.414 e. The fourth-order valence-corrected chi connectivity index (χ4v) is 4.16. The van der Waals surface area contributed by atoms with E-state index < -0.39 is 18.0 Å². The van der Waals surface area contributed by atoms with Gasteiger partial charge in [-0.05, 0) is 66.1 Å². The molecule has 1 atom stereocenters. The maximum Gasteiger partial charge on any atom is 0.414 e. The van der Waals surface area contributed by atoms with Gasteiger partial charge >= 0.3 is 6.09 Å². The Morgan fingerprint density at radius 2 is 2.03 bits per heavy atom. The van der Waals surface area contributed by atoms with Crippen molar-refractivity contribution in [2.45, 2.75) is 38.1 Å². The standard InChI is InChI=1S/C21H23BrClN5O4/c22-16-17(25-18(29)13-5-1-2-6-14(13)23)26-27-19(16)32-21(31)24-15-7-3-4-10-28(20(15)30)11-12-8-9-12/h1-2,5-6,12,15H,3-4,7-11H2,(H,24,31)(H2,25,26,27,29). The monoisotopic (exact) mass is 523 g/mol. The van der Waals surface area contributed by atoms with Crippen LogP contribution in [0.15, 0.2) is 28.7 Å². The first-order valence-corrected chi connectivity index (χ1v) is 11.7. The molecule has 1 aromatic heterocycles. The van der Waals surface area contributed by atoms with Gasteiger partial charge in [0, 0.05) is 13.1 Å². The van der Waals surface area contributed by atoms with Crippen LogP contribution in [0.2, 0.25) is 5.02 Å². The van der Waals surface area contributed by atoms with Gasteiger partial charge in [-0.3, -0.25) is 14.7 Å². The van der Waals surface area contributed by atoms with Gasteiger partial charge in [-0.2, -0.15) is 0 Å². The minimum absolute atomic E-state index is 0.0622. The molecule has 1 saturated heterocycles. The molecule has 2 heterocycles. The Morgan fingerprint density at radius 1 is 1.25 bits per heavy atom. The van der Waals surface area contributed by atoms with Gasteiger partial charge in [-0.25, -0.2) is 4.79 Å². The Labute approximate surface area is 198 Å². The normalized spacial score (nSPS) is 18.8. The molecule has 9 nitrogen and oxygen atoms in total. The number of aromatic nitrogens is 2. The second-order valence-corrected chi connectivity index (χ2v) is 9.16. The summed E-state index contributed by atoms with van der Waals surface area (Å²) < 4.78 is 5.53. The maximum atomic E-state index is 12.8. The lowest BCUT2D eigenvalue weighted by Gasteiger charge is -2.24. The van der Waals surface area contributed by atoms with Crippen molar-refractivity contribution in [2.75, 3.05) is 18.4 Å². The number of hydrogen-bond donors (Lipinski definition) is 3. The molecule has 1 saturated carbocycles. The molecule has 1 unspecified atom stereocenters. The van der Waals surface area contributed by atoms with Gasteiger partial charge in [0.25, 0.3) is 11.8 Å². The van der Waals surface area contributed by atoms with Crippen molar-refractivity contribution in [3.63, 3.8) is 0 Å². The molecule has 1 aliphatic carbocycles. The third kappa shape index (κ3) is 5.42. The van der Waals surface area contributed by atoms with E-state index in [9.17, 15) is 14.4 Å². The van der Waals surface area contributed by atoms with Gasteiger partial charge in [-0.15, -0.1) is 5.10 Å². The number of carbonyl (C=O) groups excluding carboxylic acids is 3. The Morgan fingerprint density at radius 3 is 2.78 bits per heavy atom. The lowest BCUT2D eigenvalue weighted by atomic mass is 10.1. The van der Waals surface area contributed by atoms with E-state index in [0.29, 0.717) is 22.9 Å². The zero-order valence-electron chi connectivity index (χ0n) is 17.2. The molecule has 1 aliphatic heterocycles. The summed E-state index contributed by atoms with van der Waals surface area (Å²) in [6.45, 7) is 1.48. The average molecular weight is 525 g/mol. The van der Waals surface area contributed by atoms with Crippen LogP contribution in [0.1, 0.15) is 42.5 Å². The lowest BCUT2D eigenvalue weighted by molar-refractivity contribution is -0.133. The highest BCUT2D eigenvalue weighted by Crippen LogP contribution is 2.32. The van der Waals surface area contributed by atoms with E-state index >= 15 is 0 Å². The number of benzene rings is 1. The summed E-state index contributed by atoms with van der Waals surface area (Å²) in [5.41, 5.74) is 0.290. The predicted octanol–water partition coefficient (Wildman–Crippen LogP) is 3.96. The van der Waals surface area contributed by atoms with Crippen LogP contribution in [0.3, 0.4) is 0 Å². The zero-order valence-corrected chi connectivity index (χ0v) is 19.5. The summed E-state index contributed by atoms with van der Waals surface area (Å²) >= 11 is 9.32. The number of carbonyl (C=O) groups is 3. The molecule has 0 spiro atoms. The second-order valence-electron chi connectivity index (χ2n) is 7.96. The Hall–Kier alpha value is -2.59. The van der Waals surface area contributed by atoms with Crippen molar-refractivity contribution in [2.24, 2.45) is 5.92 Å². The van der Waals surface area contributed by atoms with E-state index in [4.69, 9.17) is 16.3 Å².